The van der Waals surface area contributed by atoms with Gasteiger partial charge in [0.25, 0.3) is 0 Å². The SMILES string of the molecule is c1ccc(-c2nc(-c3ccc(-c4cccc5oc6ccc(-c7cc8ccccc8c8ccccc78)cc6c45)cc3)nc(-c3ccc4c(c3)sc3ccccc34)n2)cc1. The highest BCUT2D eigenvalue weighted by Gasteiger charge is 2.17. The zero-order chi connectivity index (χ0) is 38.2. The molecular weight excluding hydrogens is 727 g/mol. The van der Waals surface area contributed by atoms with Gasteiger partial charge in [0.1, 0.15) is 11.2 Å². The molecule has 12 rings (SSSR count). The largest absolute Gasteiger partial charge is 0.456 e. The average Bonchev–Trinajstić information content (AvgIpc) is 3.87. The average molecular weight is 758 g/mol. The molecule has 0 saturated heterocycles. The van der Waals surface area contributed by atoms with Crippen LogP contribution in [0.2, 0.25) is 0 Å². The molecule has 0 spiro atoms. The molecule has 0 bridgehead atoms. The second-order valence-electron chi connectivity index (χ2n) is 14.7. The van der Waals surface area contributed by atoms with Gasteiger partial charge in [-0.05, 0) is 80.2 Å². The lowest BCUT2D eigenvalue weighted by Crippen LogP contribution is -2.00. The van der Waals surface area contributed by atoms with Gasteiger partial charge in [0, 0.05) is 47.6 Å². The first-order chi connectivity index (χ1) is 28.7. The van der Waals surface area contributed by atoms with Crippen LogP contribution in [0.3, 0.4) is 0 Å². The molecule has 5 heteroatoms. The molecule has 0 radical (unpaired) electrons. The van der Waals surface area contributed by atoms with Gasteiger partial charge >= 0.3 is 0 Å². The number of aromatic nitrogens is 3. The summed E-state index contributed by atoms with van der Waals surface area (Å²) in [4.78, 5) is 15.1. The van der Waals surface area contributed by atoms with Crippen LogP contribution in [-0.4, -0.2) is 15.0 Å². The Labute approximate surface area is 337 Å². The highest BCUT2D eigenvalue weighted by molar-refractivity contribution is 7.25. The molecule has 0 atom stereocenters. The van der Waals surface area contributed by atoms with Crippen molar-refractivity contribution in [1.82, 2.24) is 15.0 Å². The third-order valence-electron chi connectivity index (χ3n) is 11.3. The third-order valence-corrected chi connectivity index (χ3v) is 12.5. The summed E-state index contributed by atoms with van der Waals surface area (Å²) in [6.07, 6.45) is 0. The fourth-order valence-electron chi connectivity index (χ4n) is 8.54. The summed E-state index contributed by atoms with van der Waals surface area (Å²) in [5.74, 6) is 1.92. The first-order valence-corrected chi connectivity index (χ1v) is 20.2. The minimum atomic E-state index is 0.631. The van der Waals surface area contributed by atoms with Crippen LogP contribution in [-0.2, 0) is 0 Å². The molecule has 4 nitrogen and oxygen atoms in total. The van der Waals surface area contributed by atoms with Gasteiger partial charge < -0.3 is 4.42 Å². The van der Waals surface area contributed by atoms with Crippen LogP contribution in [0.1, 0.15) is 0 Å². The Morgan fingerprint density at radius 3 is 1.78 bits per heavy atom. The second-order valence-corrected chi connectivity index (χ2v) is 15.8. The number of benzene rings is 9. The molecule has 0 aliphatic rings. The summed E-state index contributed by atoms with van der Waals surface area (Å²) in [5.41, 5.74) is 9.13. The van der Waals surface area contributed by atoms with Gasteiger partial charge in [0.15, 0.2) is 17.5 Å². The van der Waals surface area contributed by atoms with E-state index in [9.17, 15) is 0 Å². The fraction of sp³-hybridized carbons (Fsp3) is 0. The number of hydrogen-bond donors (Lipinski definition) is 0. The van der Waals surface area contributed by atoms with E-state index in [1.165, 1.54) is 47.3 Å². The molecule has 0 N–H and O–H groups in total. The van der Waals surface area contributed by atoms with Crippen LogP contribution < -0.4 is 0 Å². The maximum absolute atomic E-state index is 6.48. The minimum Gasteiger partial charge on any atom is -0.456 e. The first-order valence-electron chi connectivity index (χ1n) is 19.4. The predicted octanol–water partition coefficient (Wildman–Crippen LogP) is 14.8. The Balaban J connectivity index is 0.967. The van der Waals surface area contributed by atoms with Gasteiger partial charge in [0.05, 0.1) is 0 Å². The monoisotopic (exact) mass is 757 g/mol. The second kappa shape index (κ2) is 13.1. The Bertz CT molecular complexity index is 3570. The molecule has 0 unspecified atom stereocenters. The smallest absolute Gasteiger partial charge is 0.164 e. The standard InChI is InChI=1S/C53H31N3OS/c1-2-11-33(12-3-1)51-54-52(56-53(55-51)37-25-27-43-42-17-8-9-20-48(42)58-49(43)31-37)34-23-21-32(22-24-34)39-18-10-19-47-50(39)45-30-36(26-28-46(45)57-47)44-29-35-13-4-5-14-38(35)40-15-6-7-16-41(40)44/h1-31H. The lowest BCUT2D eigenvalue weighted by molar-refractivity contribution is 0.669. The van der Waals surface area contributed by atoms with E-state index in [0.717, 1.165) is 55.3 Å². The summed E-state index contributed by atoms with van der Waals surface area (Å²) in [6, 6.07) is 66.3. The van der Waals surface area contributed by atoms with E-state index < -0.39 is 0 Å². The summed E-state index contributed by atoms with van der Waals surface area (Å²) < 4.78 is 8.97. The predicted molar refractivity (Wildman–Crippen MR) is 242 cm³/mol. The van der Waals surface area contributed by atoms with Crippen molar-refractivity contribution in [3.05, 3.63) is 188 Å². The molecule has 3 heterocycles. The van der Waals surface area contributed by atoms with Crippen LogP contribution in [0.5, 0.6) is 0 Å². The first kappa shape index (κ1) is 32.7. The molecule has 0 aliphatic carbocycles. The minimum absolute atomic E-state index is 0.631. The van der Waals surface area contributed by atoms with Gasteiger partial charge in [-0.25, -0.2) is 15.0 Å². The molecular formula is C53H31N3OS. The van der Waals surface area contributed by atoms with Crippen LogP contribution in [0, 0.1) is 0 Å². The Hall–Kier alpha value is -7.47. The van der Waals surface area contributed by atoms with Gasteiger partial charge in [0.2, 0.25) is 0 Å². The van der Waals surface area contributed by atoms with E-state index in [1.54, 1.807) is 11.3 Å². The van der Waals surface area contributed by atoms with Crippen molar-refractivity contribution >= 4 is 75.0 Å². The topological polar surface area (TPSA) is 51.8 Å². The van der Waals surface area contributed by atoms with Crippen molar-refractivity contribution in [2.75, 3.05) is 0 Å². The van der Waals surface area contributed by atoms with E-state index in [0.29, 0.717) is 17.5 Å². The van der Waals surface area contributed by atoms with Gasteiger partial charge in [-0.2, -0.15) is 0 Å². The molecule has 0 saturated carbocycles. The lowest BCUT2D eigenvalue weighted by atomic mass is 9.92. The molecule has 0 fully saturated rings. The summed E-state index contributed by atoms with van der Waals surface area (Å²) in [5, 5.41) is 9.70. The van der Waals surface area contributed by atoms with E-state index in [4.69, 9.17) is 19.4 Å². The van der Waals surface area contributed by atoms with Crippen LogP contribution in [0.15, 0.2) is 192 Å². The maximum atomic E-state index is 6.48. The number of furan rings is 1. The van der Waals surface area contributed by atoms with Crippen molar-refractivity contribution in [3.63, 3.8) is 0 Å². The molecule has 12 aromatic rings. The summed E-state index contributed by atoms with van der Waals surface area (Å²) in [6.45, 7) is 0. The number of fused-ring (bicyclic) bond motifs is 9. The van der Waals surface area contributed by atoms with Crippen molar-refractivity contribution in [2.45, 2.75) is 0 Å². The van der Waals surface area contributed by atoms with Gasteiger partial charge in [-0.1, -0.05) is 152 Å². The zero-order valence-electron chi connectivity index (χ0n) is 31.1. The molecule has 0 amide bonds. The zero-order valence-corrected chi connectivity index (χ0v) is 31.9. The highest BCUT2D eigenvalue weighted by atomic mass is 32.1. The lowest BCUT2D eigenvalue weighted by Gasteiger charge is -2.11. The quantitative estimate of drug-likeness (QED) is 0.164. The molecule has 58 heavy (non-hydrogen) atoms. The highest BCUT2D eigenvalue weighted by Crippen LogP contribution is 2.42. The van der Waals surface area contributed by atoms with Crippen LogP contribution in [0.4, 0.5) is 0 Å². The maximum Gasteiger partial charge on any atom is 0.164 e. The summed E-state index contributed by atoms with van der Waals surface area (Å²) in [7, 11) is 0. The van der Waals surface area contributed by atoms with E-state index in [2.05, 4.69) is 158 Å². The van der Waals surface area contributed by atoms with Gasteiger partial charge in [-0.3, -0.25) is 0 Å². The Morgan fingerprint density at radius 2 is 0.948 bits per heavy atom. The molecule has 9 aromatic carbocycles. The van der Waals surface area contributed by atoms with Crippen molar-refractivity contribution in [1.29, 1.82) is 0 Å². The Kier molecular flexibility index (Phi) is 7.37. The normalized spacial score (nSPS) is 11.8. The number of rotatable bonds is 5. The van der Waals surface area contributed by atoms with Crippen LogP contribution >= 0.6 is 11.3 Å². The van der Waals surface area contributed by atoms with Gasteiger partial charge in [-0.15, -0.1) is 11.3 Å². The number of hydrogen-bond acceptors (Lipinski definition) is 5. The number of thiophene rings is 1. The van der Waals surface area contributed by atoms with E-state index in [1.807, 2.05) is 30.3 Å². The van der Waals surface area contributed by atoms with E-state index in [-0.39, 0.29) is 0 Å². The fourth-order valence-corrected chi connectivity index (χ4v) is 9.69. The van der Waals surface area contributed by atoms with Crippen LogP contribution in [0.25, 0.3) is 120 Å². The number of nitrogens with zero attached hydrogens (tertiary/aromatic N) is 3. The van der Waals surface area contributed by atoms with Crippen molar-refractivity contribution in [2.24, 2.45) is 0 Å². The summed E-state index contributed by atoms with van der Waals surface area (Å²) >= 11 is 1.80. The Morgan fingerprint density at radius 1 is 0.328 bits per heavy atom. The molecule has 270 valence electrons. The molecule has 0 aliphatic heterocycles. The van der Waals surface area contributed by atoms with Crippen molar-refractivity contribution < 1.29 is 4.42 Å². The molecule has 3 aromatic heterocycles. The third kappa shape index (κ3) is 5.32. The van der Waals surface area contributed by atoms with Crippen molar-refractivity contribution in [3.8, 4) is 56.4 Å². The van der Waals surface area contributed by atoms with E-state index >= 15 is 0 Å².